The van der Waals surface area contributed by atoms with Gasteiger partial charge >= 0.3 is 5.91 Å². The van der Waals surface area contributed by atoms with E-state index in [1.807, 2.05) is 0 Å². The smallest absolute Gasteiger partial charge is 0.301 e. The number of rotatable bonds is 5. The van der Waals surface area contributed by atoms with E-state index in [0.29, 0.717) is 21.5 Å². The Hall–Kier alpha value is -4.64. The van der Waals surface area contributed by atoms with Crippen LogP contribution in [0.25, 0.3) is 16.0 Å². The molecule has 4 aromatic rings. The molecule has 0 aliphatic carbocycles. The summed E-state index contributed by atoms with van der Waals surface area (Å²) in [6.07, 6.45) is 0. The Kier molecular flexibility index (Phi) is 5.69. The number of nitrogens with zero attached hydrogens (tertiary/aromatic N) is 3. The van der Waals surface area contributed by atoms with Crippen LogP contribution >= 0.6 is 11.3 Å². The number of nitro benzene ring substituents is 1. The van der Waals surface area contributed by atoms with E-state index in [-0.39, 0.29) is 22.0 Å². The minimum atomic E-state index is -1.08. The zero-order chi connectivity index (χ0) is 25.6. The van der Waals surface area contributed by atoms with Crippen molar-refractivity contribution < 1.29 is 28.7 Å². The number of hydrogen-bond acceptors (Lipinski definition) is 8. The largest absolute Gasteiger partial charge is 0.507 e. The van der Waals surface area contributed by atoms with Crippen LogP contribution in [0.4, 0.5) is 15.2 Å². The highest BCUT2D eigenvalue weighted by atomic mass is 32.1. The summed E-state index contributed by atoms with van der Waals surface area (Å²) < 4.78 is 19.5. The van der Waals surface area contributed by atoms with Gasteiger partial charge in [0.15, 0.2) is 5.13 Å². The summed E-state index contributed by atoms with van der Waals surface area (Å²) in [4.78, 5) is 42.6. The van der Waals surface area contributed by atoms with Crippen LogP contribution in [0.3, 0.4) is 0 Å². The zero-order valence-corrected chi connectivity index (χ0v) is 19.4. The molecular formula is C25H16FN3O6S. The van der Waals surface area contributed by atoms with Crippen molar-refractivity contribution in [3.63, 3.8) is 0 Å². The second kappa shape index (κ2) is 8.86. The molecule has 11 heteroatoms. The number of thiazole rings is 1. The van der Waals surface area contributed by atoms with Gasteiger partial charge in [0.05, 0.1) is 33.9 Å². The van der Waals surface area contributed by atoms with Crippen LogP contribution in [0, 0.1) is 15.9 Å². The number of non-ortho nitro benzene ring substituents is 1. The summed E-state index contributed by atoms with van der Waals surface area (Å²) >= 11 is 1.03. The number of benzene rings is 3. The second-order valence-corrected chi connectivity index (χ2v) is 8.87. The molecule has 1 saturated heterocycles. The van der Waals surface area contributed by atoms with E-state index in [1.165, 1.54) is 49.6 Å². The number of halogens is 1. The molecule has 0 radical (unpaired) electrons. The summed E-state index contributed by atoms with van der Waals surface area (Å²) in [6.45, 7) is 0. The van der Waals surface area contributed by atoms with Gasteiger partial charge in [0.25, 0.3) is 11.5 Å². The van der Waals surface area contributed by atoms with E-state index in [1.54, 1.807) is 24.3 Å². The maximum Gasteiger partial charge on any atom is 0.301 e. The molecule has 9 nitrogen and oxygen atoms in total. The Bertz CT molecular complexity index is 1580. The summed E-state index contributed by atoms with van der Waals surface area (Å²) in [5, 5.41) is 22.3. The first-order valence-electron chi connectivity index (χ1n) is 10.5. The molecule has 5 rings (SSSR count). The number of amides is 1. The lowest BCUT2D eigenvalue weighted by molar-refractivity contribution is -0.384. The number of ether oxygens (including phenoxy) is 1. The number of Topliss-reactive ketones (excluding diaryl/α,β-unsaturated/α-hetero) is 1. The lowest BCUT2D eigenvalue weighted by Gasteiger charge is -2.23. The summed E-state index contributed by atoms with van der Waals surface area (Å²) in [6, 6.07) is 14.5. The van der Waals surface area contributed by atoms with Crippen molar-refractivity contribution in [2.45, 2.75) is 6.04 Å². The minimum Gasteiger partial charge on any atom is -0.507 e. The van der Waals surface area contributed by atoms with Crippen molar-refractivity contribution >= 4 is 49.8 Å². The molecular weight excluding hydrogens is 489 g/mol. The first-order valence-corrected chi connectivity index (χ1v) is 11.4. The average Bonchev–Trinajstić information content (AvgIpc) is 3.41. The molecule has 3 aromatic carbocycles. The first-order chi connectivity index (χ1) is 17.3. The van der Waals surface area contributed by atoms with Crippen LogP contribution in [-0.2, 0) is 9.59 Å². The van der Waals surface area contributed by atoms with Gasteiger partial charge in [0.1, 0.15) is 17.3 Å². The molecule has 1 fully saturated rings. The molecule has 0 saturated carbocycles. The number of anilines is 1. The van der Waals surface area contributed by atoms with Gasteiger partial charge in [-0.3, -0.25) is 24.6 Å². The van der Waals surface area contributed by atoms with E-state index < -0.39 is 34.2 Å². The van der Waals surface area contributed by atoms with Crippen molar-refractivity contribution in [1.29, 1.82) is 0 Å². The lowest BCUT2D eigenvalue weighted by Crippen LogP contribution is -2.29. The molecule has 0 bridgehead atoms. The van der Waals surface area contributed by atoms with Gasteiger partial charge in [-0.1, -0.05) is 23.5 Å². The van der Waals surface area contributed by atoms with Gasteiger partial charge < -0.3 is 9.84 Å². The predicted molar refractivity (Wildman–Crippen MR) is 130 cm³/mol. The fourth-order valence-electron chi connectivity index (χ4n) is 4.04. The van der Waals surface area contributed by atoms with Gasteiger partial charge in [-0.2, -0.15) is 0 Å². The van der Waals surface area contributed by atoms with Gasteiger partial charge in [0.2, 0.25) is 0 Å². The van der Waals surface area contributed by atoms with Crippen LogP contribution in [0.15, 0.2) is 72.3 Å². The molecule has 0 spiro atoms. The number of carbonyl (C=O) groups is 2. The average molecular weight is 505 g/mol. The maximum absolute atomic E-state index is 13.8. The zero-order valence-electron chi connectivity index (χ0n) is 18.5. The monoisotopic (exact) mass is 505 g/mol. The van der Waals surface area contributed by atoms with Crippen molar-refractivity contribution in [3.05, 3.63) is 99.4 Å². The third-order valence-corrected chi connectivity index (χ3v) is 6.77. The van der Waals surface area contributed by atoms with E-state index in [0.717, 1.165) is 16.2 Å². The third kappa shape index (κ3) is 3.85. The first kappa shape index (κ1) is 23.1. The fraction of sp³-hybridized carbons (Fsp3) is 0.0800. The molecule has 1 atom stereocenters. The molecule has 2 heterocycles. The quantitative estimate of drug-likeness (QED) is 0.133. The Morgan fingerprint density at radius 2 is 1.89 bits per heavy atom. The number of fused-ring (bicyclic) bond motifs is 1. The number of aliphatic hydroxyl groups excluding tert-OH is 1. The second-order valence-electron chi connectivity index (χ2n) is 7.86. The van der Waals surface area contributed by atoms with Crippen molar-refractivity contribution in [3.8, 4) is 5.75 Å². The van der Waals surface area contributed by atoms with Crippen LogP contribution in [0.2, 0.25) is 0 Å². The third-order valence-electron chi connectivity index (χ3n) is 5.75. The Balaban J connectivity index is 1.71. The Labute approximate surface area is 206 Å². The number of aromatic nitrogens is 1. The van der Waals surface area contributed by atoms with Crippen LogP contribution < -0.4 is 9.64 Å². The highest BCUT2D eigenvalue weighted by molar-refractivity contribution is 7.22. The highest BCUT2D eigenvalue weighted by Crippen LogP contribution is 2.45. The number of methoxy groups -OCH3 is 1. The number of carbonyl (C=O) groups excluding carboxylic acids is 2. The molecule has 1 aliphatic rings. The van der Waals surface area contributed by atoms with E-state index in [2.05, 4.69) is 4.98 Å². The number of ketones is 1. The Morgan fingerprint density at radius 3 is 2.58 bits per heavy atom. The highest BCUT2D eigenvalue weighted by Gasteiger charge is 2.48. The molecule has 1 N–H and O–H groups in total. The Morgan fingerprint density at radius 1 is 1.14 bits per heavy atom. The number of hydrogen-bond donors (Lipinski definition) is 1. The minimum absolute atomic E-state index is 0.123. The standard InChI is InChI=1S/C25H16FN3O6S/c1-35-17-4-2-3-14(11-17)21-20(22(30)13-5-8-16(9-6-13)29(33)34)23(31)24(32)28(21)25-27-18-10-7-15(26)12-19(18)36-25/h2-12,21,30H,1H3/b22-20+. The lowest BCUT2D eigenvalue weighted by atomic mass is 9.95. The SMILES string of the molecule is COc1cccc(C2/C(=C(\O)c3ccc([N+](=O)[O-])cc3)C(=O)C(=O)N2c2nc3ccc(F)cc3s2)c1. The normalized spacial score (nSPS) is 17.1. The van der Waals surface area contributed by atoms with Crippen molar-refractivity contribution in [2.24, 2.45) is 0 Å². The number of nitro groups is 1. The van der Waals surface area contributed by atoms with E-state index in [9.17, 15) is 29.2 Å². The van der Waals surface area contributed by atoms with E-state index in [4.69, 9.17) is 4.74 Å². The van der Waals surface area contributed by atoms with Crippen molar-refractivity contribution in [2.75, 3.05) is 12.0 Å². The van der Waals surface area contributed by atoms with Crippen LogP contribution in [-0.4, -0.2) is 33.8 Å². The van der Waals surface area contributed by atoms with Gasteiger partial charge in [-0.05, 0) is 48.0 Å². The molecule has 1 unspecified atom stereocenters. The summed E-state index contributed by atoms with van der Waals surface area (Å²) in [5.74, 6) is -2.39. The van der Waals surface area contributed by atoms with Gasteiger partial charge in [-0.15, -0.1) is 0 Å². The topological polar surface area (TPSA) is 123 Å². The summed E-state index contributed by atoms with van der Waals surface area (Å²) in [7, 11) is 1.47. The summed E-state index contributed by atoms with van der Waals surface area (Å²) in [5.41, 5.74) is 0.615. The molecule has 1 aromatic heterocycles. The fourth-order valence-corrected chi connectivity index (χ4v) is 5.06. The molecule has 36 heavy (non-hydrogen) atoms. The molecule has 180 valence electrons. The predicted octanol–water partition coefficient (Wildman–Crippen LogP) is 4.98. The van der Waals surface area contributed by atoms with E-state index >= 15 is 0 Å². The van der Waals surface area contributed by atoms with Crippen LogP contribution in [0.1, 0.15) is 17.2 Å². The molecule has 1 amide bonds. The number of aliphatic hydroxyl groups is 1. The maximum atomic E-state index is 13.8. The molecule has 1 aliphatic heterocycles. The van der Waals surface area contributed by atoms with Crippen molar-refractivity contribution in [1.82, 2.24) is 4.98 Å². The van der Waals surface area contributed by atoms with Crippen LogP contribution in [0.5, 0.6) is 5.75 Å². The van der Waals surface area contributed by atoms with Gasteiger partial charge in [-0.25, -0.2) is 9.37 Å². The van der Waals surface area contributed by atoms with Gasteiger partial charge in [0, 0.05) is 17.7 Å².